The molecule has 3 rings (SSSR count). The Bertz CT molecular complexity index is 1390. The second-order valence-electron chi connectivity index (χ2n) is 10.9. The lowest BCUT2D eigenvalue weighted by Gasteiger charge is -2.31. The first kappa shape index (κ1) is 39.2. The minimum atomic E-state index is -0.752. The van der Waals surface area contributed by atoms with Gasteiger partial charge in [-0.2, -0.15) is 0 Å². The molecular weight excluding hydrogens is 628 g/mol. The zero-order valence-corrected chi connectivity index (χ0v) is 28.4. The van der Waals surface area contributed by atoms with Gasteiger partial charge in [0.05, 0.1) is 56.1 Å². The molecule has 0 aromatic heterocycles. The van der Waals surface area contributed by atoms with E-state index < -0.39 is 24.0 Å². The highest BCUT2D eigenvalue weighted by molar-refractivity contribution is 6.31. The third-order valence-corrected chi connectivity index (χ3v) is 7.12. The molecule has 258 valence electrons. The Morgan fingerprint density at radius 2 is 1.74 bits per heavy atom. The molecule has 0 radical (unpaired) electrons. The van der Waals surface area contributed by atoms with Gasteiger partial charge in [-0.15, -0.1) is 0 Å². The van der Waals surface area contributed by atoms with E-state index in [1.54, 1.807) is 62.4 Å². The number of halogens is 1. The minimum absolute atomic E-state index is 0.109. The van der Waals surface area contributed by atoms with Crippen LogP contribution in [0.3, 0.4) is 0 Å². The Balaban J connectivity index is 0.000000353. The second-order valence-corrected chi connectivity index (χ2v) is 11.3. The van der Waals surface area contributed by atoms with E-state index in [-0.39, 0.29) is 37.7 Å². The number of methoxy groups -OCH3 is 1. The van der Waals surface area contributed by atoms with Crippen LogP contribution >= 0.6 is 11.6 Å². The number of carbonyl (C=O) groups excluding carboxylic acids is 3. The standard InChI is InChI=1S/C20H25ClN2O5.C14H22N2O3/c1-4-28-20(25)18-15(11-27-10-9-22)23-12(2)16(19(24)26-3)17(18)13-7-5-6-8-14(13)21;1-10(2)16-8-12(17)9-19-13-5-3-11(4-6-13)7-14(15)18/h5-8,17,23H,4,9-11,22H2,1-3H3;3-6,10,12,16-17H,7-9H2,1-2H3,(H2,15,18). The summed E-state index contributed by atoms with van der Waals surface area (Å²) in [6.45, 7) is 9.18. The number of rotatable bonds is 16. The van der Waals surface area contributed by atoms with Gasteiger partial charge in [0.25, 0.3) is 0 Å². The fourth-order valence-electron chi connectivity index (χ4n) is 4.65. The molecule has 0 saturated heterocycles. The third kappa shape index (κ3) is 12.6. The van der Waals surface area contributed by atoms with E-state index in [1.165, 1.54) is 7.11 Å². The molecule has 1 aliphatic rings. The fraction of sp³-hybridized carbons (Fsp3) is 0.441. The summed E-state index contributed by atoms with van der Waals surface area (Å²) in [4.78, 5) is 36.2. The first-order valence-electron chi connectivity index (χ1n) is 15.3. The lowest BCUT2D eigenvalue weighted by molar-refractivity contribution is -0.139. The van der Waals surface area contributed by atoms with Crippen LogP contribution in [0.25, 0.3) is 0 Å². The van der Waals surface area contributed by atoms with Crippen molar-refractivity contribution in [2.24, 2.45) is 11.5 Å². The van der Waals surface area contributed by atoms with Crippen molar-refractivity contribution in [1.29, 1.82) is 0 Å². The first-order chi connectivity index (χ1) is 22.4. The normalized spacial score (nSPS) is 15.0. The molecule has 2 aromatic rings. The van der Waals surface area contributed by atoms with Gasteiger partial charge in [0.1, 0.15) is 18.5 Å². The van der Waals surface area contributed by atoms with E-state index in [1.807, 2.05) is 13.8 Å². The van der Waals surface area contributed by atoms with Gasteiger partial charge < -0.3 is 46.2 Å². The van der Waals surface area contributed by atoms with E-state index in [0.29, 0.717) is 59.0 Å². The van der Waals surface area contributed by atoms with Crippen LogP contribution in [0, 0.1) is 0 Å². The van der Waals surface area contributed by atoms with Crippen molar-refractivity contribution in [1.82, 2.24) is 10.6 Å². The van der Waals surface area contributed by atoms with Crippen LogP contribution in [0.4, 0.5) is 0 Å². The number of aliphatic hydroxyl groups is 1. The van der Waals surface area contributed by atoms with Crippen molar-refractivity contribution in [3.8, 4) is 5.75 Å². The number of ether oxygens (including phenoxy) is 4. The molecule has 2 aromatic carbocycles. The summed E-state index contributed by atoms with van der Waals surface area (Å²) < 4.78 is 21.2. The van der Waals surface area contributed by atoms with Crippen LogP contribution in [-0.2, 0) is 35.0 Å². The number of nitrogens with one attached hydrogen (secondary N) is 2. The number of hydrogen-bond acceptors (Lipinski definition) is 11. The highest BCUT2D eigenvalue weighted by Crippen LogP contribution is 2.41. The maximum Gasteiger partial charge on any atom is 0.336 e. The molecule has 0 aliphatic carbocycles. The Kier molecular flexibility index (Phi) is 17.0. The van der Waals surface area contributed by atoms with Crippen LogP contribution in [0.5, 0.6) is 5.75 Å². The summed E-state index contributed by atoms with van der Waals surface area (Å²) in [6, 6.07) is 14.5. The van der Waals surface area contributed by atoms with Crippen LogP contribution in [0.1, 0.15) is 44.7 Å². The van der Waals surface area contributed by atoms with E-state index in [2.05, 4.69) is 10.6 Å². The molecule has 0 fully saturated rings. The SMILES string of the molecule is CC(C)NCC(O)COc1ccc(CC(N)=O)cc1.CCOC(=O)C1=C(COCCN)NC(C)=C(C(=O)OC)C1c1ccccc1Cl. The molecule has 1 amide bonds. The molecule has 0 bridgehead atoms. The number of dihydropyridines is 1. The maximum absolute atomic E-state index is 12.9. The van der Waals surface area contributed by atoms with Gasteiger partial charge in [0.15, 0.2) is 0 Å². The maximum atomic E-state index is 12.9. The quantitative estimate of drug-likeness (QED) is 0.130. The summed E-state index contributed by atoms with van der Waals surface area (Å²) in [7, 11) is 1.29. The summed E-state index contributed by atoms with van der Waals surface area (Å²) >= 11 is 6.42. The van der Waals surface area contributed by atoms with E-state index in [4.69, 9.17) is 42.0 Å². The van der Waals surface area contributed by atoms with Crippen LogP contribution in [0.2, 0.25) is 5.02 Å². The van der Waals surface area contributed by atoms with E-state index in [9.17, 15) is 19.5 Å². The lowest BCUT2D eigenvalue weighted by Crippen LogP contribution is -2.35. The number of carbonyl (C=O) groups is 3. The van der Waals surface area contributed by atoms with Crippen molar-refractivity contribution >= 4 is 29.4 Å². The number of hydrogen-bond donors (Lipinski definition) is 5. The highest BCUT2D eigenvalue weighted by Gasteiger charge is 2.39. The first-order valence-corrected chi connectivity index (χ1v) is 15.7. The van der Waals surface area contributed by atoms with Crippen molar-refractivity contribution < 1.29 is 38.4 Å². The molecule has 47 heavy (non-hydrogen) atoms. The number of aliphatic hydroxyl groups excluding tert-OH is 1. The van der Waals surface area contributed by atoms with Gasteiger partial charge in [-0.05, 0) is 43.2 Å². The molecule has 2 unspecified atom stereocenters. The number of nitrogens with two attached hydrogens (primary N) is 2. The number of amides is 1. The number of primary amides is 1. The average Bonchev–Trinajstić information content (AvgIpc) is 3.03. The van der Waals surface area contributed by atoms with Crippen LogP contribution in [-0.4, -0.2) is 81.7 Å². The Hall–Kier alpha value is -3.94. The number of allylic oxidation sites excluding steroid dienone is 1. The van der Waals surface area contributed by atoms with Gasteiger partial charge in [0.2, 0.25) is 5.91 Å². The summed E-state index contributed by atoms with van der Waals surface area (Å²) in [6.07, 6.45) is -0.325. The smallest absolute Gasteiger partial charge is 0.336 e. The predicted octanol–water partition coefficient (Wildman–Crippen LogP) is 2.72. The molecule has 1 aliphatic heterocycles. The second kappa shape index (κ2) is 20.3. The molecule has 13 heteroatoms. The van der Waals surface area contributed by atoms with Gasteiger partial charge in [-0.25, -0.2) is 9.59 Å². The number of esters is 2. The minimum Gasteiger partial charge on any atom is -0.491 e. The summed E-state index contributed by atoms with van der Waals surface area (Å²) in [5.74, 6) is -1.56. The molecule has 12 nitrogen and oxygen atoms in total. The molecule has 2 atom stereocenters. The molecular formula is C34H47ClN4O8. The molecule has 0 saturated carbocycles. The van der Waals surface area contributed by atoms with Crippen molar-refractivity contribution in [2.75, 3.05) is 46.6 Å². The van der Waals surface area contributed by atoms with Gasteiger partial charge in [-0.1, -0.05) is 55.8 Å². The molecule has 7 N–H and O–H groups in total. The molecule has 0 spiro atoms. The molecule has 1 heterocycles. The van der Waals surface area contributed by atoms with Crippen molar-refractivity contribution in [2.45, 2.75) is 52.2 Å². The van der Waals surface area contributed by atoms with Gasteiger partial charge >= 0.3 is 11.9 Å². The van der Waals surface area contributed by atoms with E-state index in [0.717, 1.165) is 5.56 Å². The number of benzene rings is 2. The Labute approximate surface area is 281 Å². The summed E-state index contributed by atoms with van der Waals surface area (Å²) in [5.41, 5.74) is 13.7. The van der Waals surface area contributed by atoms with Gasteiger partial charge in [-0.3, -0.25) is 4.79 Å². The van der Waals surface area contributed by atoms with Gasteiger partial charge in [0, 0.05) is 29.9 Å². The topological polar surface area (TPSA) is 184 Å². The van der Waals surface area contributed by atoms with Crippen LogP contribution in [0.15, 0.2) is 71.1 Å². The Morgan fingerprint density at radius 1 is 1.06 bits per heavy atom. The monoisotopic (exact) mass is 674 g/mol. The Morgan fingerprint density at radius 3 is 2.32 bits per heavy atom. The largest absolute Gasteiger partial charge is 0.491 e. The highest BCUT2D eigenvalue weighted by atomic mass is 35.5. The summed E-state index contributed by atoms with van der Waals surface area (Å²) in [5, 5.41) is 16.3. The predicted molar refractivity (Wildman–Crippen MR) is 180 cm³/mol. The lowest BCUT2D eigenvalue weighted by atomic mass is 9.80. The third-order valence-electron chi connectivity index (χ3n) is 6.78. The average molecular weight is 675 g/mol. The van der Waals surface area contributed by atoms with Crippen molar-refractivity contribution in [3.05, 3.63) is 87.2 Å². The fourth-order valence-corrected chi connectivity index (χ4v) is 4.89. The zero-order chi connectivity index (χ0) is 34.9. The van der Waals surface area contributed by atoms with Crippen LogP contribution < -0.4 is 26.8 Å². The van der Waals surface area contributed by atoms with Crippen molar-refractivity contribution in [3.63, 3.8) is 0 Å². The van der Waals surface area contributed by atoms with E-state index >= 15 is 0 Å². The zero-order valence-electron chi connectivity index (χ0n) is 27.6.